The molecule has 1 aromatic heterocycles. The van der Waals surface area contributed by atoms with Crippen LogP contribution in [0.2, 0.25) is 0 Å². The van der Waals surface area contributed by atoms with Crippen molar-refractivity contribution < 1.29 is 9.53 Å². The molecule has 0 bridgehead atoms. The number of carbonyl (C=O) groups is 1. The highest BCUT2D eigenvalue weighted by atomic mass is 16.5. The number of H-pyrrole nitrogens is 1. The second kappa shape index (κ2) is 4.19. The second-order valence-corrected chi connectivity index (χ2v) is 1.94. The number of aromatic nitrogens is 2. The summed E-state index contributed by atoms with van der Waals surface area (Å²) in [5.74, 6) is 4.35. The Balaban J connectivity index is 2.54. The molecule has 0 aliphatic heterocycles. The first-order chi connectivity index (χ1) is 5.83. The van der Waals surface area contributed by atoms with Gasteiger partial charge in [0.25, 0.3) is 0 Å². The minimum Gasteiger partial charge on any atom is -0.456 e. The molecule has 0 radical (unpaired) electrons. The van der Waals surface area contributed by atoms with Crippen molar-refractivity contribution in [3.8, 4) is 11.8 Å². The number of hydrogen-bond donors (Lipinski definition) is 1. The smallest absolute Gasteiger partial charge is 0.384 e. The fourth-order valence-electron chi connectivity index (χ4n) is 0.611. The highest BCUT2D eigenvalue weighted by Crippen LogP contribution is 1.86. The van der Waals surface area contributed by atoms with Crippen LogP contribution in [0.5, 0.6) is 0 Å². The van der Waals surface area contributed by atoms with Crippen LogP contribution >= 0.6 is 0 Å². The number of hydrogen-bond acceptors (Lipinski definition) is 3. The van der Waals surface area contributed by atoms with E-state index in [2.05, 4.69) is 26.8 Å². The van der Waals surface area contributed by atoms with Gasteiger partial charge in [-0.2, -0.15) is 5.10 Å². The quantitative estimate of drug-likeness (QED) is 0.480. The van der Waals surface area contributed by atoms with Crippen LogP contribution in [-0.4, -0.2) is 22.8 Å². The zero-order chi connectivity index (χ0) is 8.81. The number of carbonyl (C=O) groups excluding carboxylic acids is 1. The predicted molar refractivity (Wildman–Crippen MR) is 42.1 cm³/mol. The van der Waals surface area contributed by atoms with Crippen LogP contribution in [0.3, 0.4) is 0 Å². The Morgan fingerprint density at radius 1 is 1.83 bits per heavy atom. The van der Waals surface area contributed by atoms with E-state index >= 15 is 0 Å². The molecule has 0 unspecified atom stereocenters. The third kappa shape index (κ3) is 2.46. The van der Waals surface area contributed by atoms with Crippen LogP contribution in [0.4, 0.5) is 0 Å². The monoisotopic (exact) mass is 164 g/mol. The molecule has 12 heavy (non-hydrogen) atoms. The van der Waals surface area contributed by atoms with Crippen molar-refractivity contribution >= 4 is 5.97 Å². The molecule has 0 saturated heterocycles. The minimum absolute atomic E-state index is 0.344. The van der Waals surface area contributed by atoms with E-state index < -0.39 is 5.97 Å². The van der Waals surface area contributed by atoms with Crippen molar-refractivity contribution in [3.63, 3.8) is 0 Å². The van der Waals surface area contributed by atoms with Crippen LogP contribution < -0.4 is 0 Å². The van der Waals surface area contributed by atoms with Gasteiger partial charge in [-0.3, -0.25) is 5.10 Å². The first-order valence-corrected chi connectivity index (χ1v) is 3.51. The highest BCUT2D eigenvalue weighted by molar-refractivity contribution is 5.88. The molecule has 0 saturated carbocycles. The van der Waals surface area contributed by atoms with E-state index in [4.69, 9.17) is 0 Å². The largest absolute Gasteiger partial charge is 0.456 e. The van der Waals surface area contributed by atoms with Crippen LogP contribution in [0.25, 0.3) is 0 Å². The summed E-state index contributed by atoms with van der Waals surface area (Å²) in [5, 5.41) is 6.27. The molecule has 1 heterocycles. The van der Waals surface area contributed by atoms with Gasteiger partial charge in [0.05, 0.1) is 6.61 Å². The molecule has 0 spiro atoms. The van der Waals surface area contributed by atoms with Gasteiger partial charge >= 0.3 is 5.97 Å². The molecule has 0 aliphatic carbocycles. The average molecular weight is 164 g/mol. The van der Waals surface area contributed by atoms with Crippen LogP contribution in [-0.2, 0) is 9.53 Å². The van der Waals surface area contributed by atoms with Gasteiger partial charge in [-0.05, 0) is 18.9 Å². The van der Waals surface area contributed by atoms with Crippen molar-refractivity contribution in [2.75, 3.05) is 6.61 Å². The second-order valence-electron chi connectivity index (χ2n) is 1.94. The lowest BCUT2D eigenvalue weighted by molar-refractivity contribution is -0.136. The lowest BCUT2D eigenvalue weighted by Crippen LogP contribution is -1.99. The summed E-state index contributed by atoms with van der Waals surface area (Å²) >= 11 is 0. The van der Waals surface area contributed by atoms with Crippen LogP contribution in [0.1, 0.15) is 12.6 Å². The first-order valence-electron chi connectivity index (χ1n) is 3.51. The zero-order valence-corrected chi connectivity index (χ0v) is 6.63. The SMILES string of the molecule is CCOC(=O)C#Cc1ccn[nH]1. The minimum atomic E-state index is -0.521. The van der Waals surface area contributed by atoms with Gasteiger partial charge in [0.15, 0.2) is 0 Å². The van der Waals surface area contributed by atoms with Gasteiger partial charge < -0.3 is 4.74 Å². The molecule has 4 heteroatoms. The lowest BCUT2D eigenvalue weighted by Gasteiger charge is -1.89. The van der Waals surface area contributed by atoms with Crippen molar-refractivity contribution in [2.45, 2.75) is 6.92 Å². The molecule has 4 nitrogen and oxygen atoms in total. The molecule has 1 aromatic rings. The van der Waals surface area contributed by atoms with E-state index in [0.717, 1.165) is 0 Å². The molecule has 62 valence electrons. The van der Waals surface area contributed by atoms with E-state index in [1.54, 1.807) is 19.2 Å². The Bertz CT molecular complexity index is 306. The number of rotatable bonds is 1. The van der Waals surface area contributed by atoms with Crippen molar-refractivity contribution in [3.05, 3.63) is 18.0 Å². The average Bonchev–Trinajstić information content (AvgIpc) is 2.53. The Hall–Kier alpha value is -1.76. The van der Waals surface area contributed by atoms with Gasteiger partial charge in [-0.1, -0.05) is 0 Å². The maximum absolute atomic E-state index is 10.7. The summed E-state index contributed by atoms with van der Waals surface area (Å²) in [4.78, 5) is 10.7. The fourth-order valence-corrected chi connectivity index (χ4v) is 0.611. The van der Waals surface area contributed by atoms with Crippen molar-refractivity contribution in [1.29, 1.82) is 0 Å². The molecule has 0 atom stereocenters. The maximum Gasteiger partial charge on any atom is 0.384 e. The predicted octanol–water partition coefficient (Wildman–Crippen LogP) is 0.324. The number of nitrogens with zero attached hydrogens (tertiary/aromatic N) is 1. The van der Waals surface area contributed by atoms with E-state index in [1.165, 1.54) is 0 Å². The molecule has 1 rings (SSSR count). The first kappa shape index (κ1) is 8.34. The van der Waals surface area contributed by atoms with E-state index in [-0.39, 0.29) is 0 Å². The normalized spacial score (nSPS) is 8.42. The zero-order valence-electron chi connectivity index (χ0n) is 6.63. The van der Waals surface area contributed by atoms with Crippen LogP contribution in [0.15, 0.2) is 12.3 Å². The van der Waals surface area contributed by atoms with Gasteiger partial charge in [0.2, 0.25) is 0 Å². The topological polar surface area (TPSA) is 55.0 Å². The summed E-state index contributed by atoms with van der Waals surface area (Å²) in [6.07, 6.45) is 1.56. The lowest BCUT2D eigenvalue weighted by atomic mass is 10.4. The van der Waals surface area contributed by atoms with Gasteiger partial charge in [-0.15, -0.1) is 0 Å². The molecule has 0 aromatic carbocycles. The summed E-state index contributed by atoms with van der Waals surface area (Å²) in [5.41, 5.74) is 0.600. The number of esters is 1. The molecule has 1 N–H and O–H groups in total. The van der Waals surface area contributed by atoms with Gasteiger partial charge in [-0.25, -0.2) is 4.79 Å². The third-order valence-corrected chi connectivity index (χ3v) is 1.08. The summed E-state index contributed by atoms with van der Waals surface area (Å²) < 4.78 is 4.59. The summed E-state index contributed by atoms with van der Waals surface area (Å²) in [6, 6.07) is 1.67. The number of aromatic amines is 1. The van der Waals surface area contributed by atoms with E-state index in [9.17, 15) is 4.79 Å². The van der Waals surface area contributed by atoms with E-state index in [1.807, 2.05) is 0 Å². The van der Waals surface area contributed by atoms with Gasteiger partial charge in [0.1, 0.15) is 5.69 Å². The number of ether oxygens (including phenoxy) is 1. The molecule has 0 fully saturated rings. The molecule has 0 aliphatic rings. The third-order valence-electron chi connectivity index (χ3n) is 1.08. The fraction of sp³-hybridized carbons (Fsp3) is 0.250. The molecule has 0 amide bonds. The standard InChI is InChI=1S/C8H8N2O2/c1-2-12-8(11)4-3-7-5-6-9-10-7/h5-6H,2H2,1H3,(H,9,10). The Morgan fingerprint density at radius 3 is 3.25 bits per heavy atom. The van der Waals surface area contributed by atoms with Crippen LogP contribution in [0, 0.1) is 11.8 Å². The summed E-state index contributed by atoms with van der Waals surface area (Å²) in [7, 11) is 0. The Morgan fingerprint density at radius 2 is 2.67 bits per heavy atom. The van der Waals surface area contributed by atoms with E-state index in [0.29, 0.717) is 12.3 Å². The molecular formula is C8H8N2O2. The van der Waals surface area contributed by atoms with Crippen molar-refractivity contribution in [1.82, 2.24) is 10.2 Å². The van der Waals surface area contributed by atoms with Gasteiger partial charge in [0, 0.05) is 12.1 Å². The maximum atomic E-state index is 10.7. The summed E-state index contributed by atoms with van der Waals surface area (Å²) in [6.45, 7) is 2.08. The number of nitrogens with one attached hydrogen (secondary N) is 1. The highest BCUT2D eigenvalue weighted by Gasteiger charge is 1.92. The Kier molecular flexibility index (Phi) is 2.91. The van der Waals surface area contributed by atoms with Crippen molar-refractivity contribution in [2.24, 2.45) is 0 Å². The Labute approximate surface area is 69.9 Å². The molecular weight excluding hydrogens is 156 g/mol.